The molecule has 25 heavy (non-hydrogen) atoms. The SMILES string of the molecule is O=C(CCc1ccccc1)OCCN1CCN(C(=O)C(F)(F)F)CC1. The summed E-state index contributed by atoms with van der Waals surface area (Å²) in [5.74, 6) is -2.09. The smallest absolute Gasteiger partial charge is 0.464 e. The van der Waals surface area contributed by atoms with E-state index in [0.717, 1.165) is 10.5 Å². The maximum absolute atomic E-state index is 12.4. The Bertz CT molecular complexity index is 570. The van der Waals surface area contributed by atoms with E-state index in [1.54, 1.807) is 0 Å². The Labute approximate surface area is 144 Å². The van der Waals surface area contributed by atoms with Crippen molar-refractivity contribution in [2.45, 2.75) is 19.0 Å². The Morgan fingerprint density at radius 2 is 1.68 bits per heavy atom. The number of aryl methyl sites for hydroxylation is 1. The fourth-order valence-corrected chi connectivity index (χ4v) is 2.61. The molecule has 0 saturated carbocycles. The summed E-state index contributed by atoms with van der Waals surface area (Å²) in [6, 6.07) is 9.60. The Morgan fingerprint density at radius 3 is 2.28 bits per heavy atom. The first-order chi connectivity index (χ1) is 11.9. The second-order valence-electron chi connectivity index (χ2n) is 5.84. The number of nitrogens with zero attached hydrogens (tertiary/aromatic N) is 2. The molecular weight excluding hydrogens is 337 g/mol. The molecule has 0 atom stereocenters. The molecule has 1 amide bonds. The van der Waals surface area contributed by atoms with Gasteiger partial charge in [0, 0.05) is 39.1 Å². The van der Waals surface area contributed by atoms with Crippen molar-refractivity contribution >= 4 is 11.9 Å². The predicted molar refractivity (Wildman–Crippen MR) is 84.8 cm³/mol. The molecule has 138 valence electrons. The van der Waals surface area contributed by atoms with E-state index < -0.39 is 12.1 Å². The van der Waals surface area contributed by atoms with Gasteiger partial charge in [0.25, 0.3) is 0 Å². The fraction of sp³-hybridized carbons (Fsp3) is 0.529. The van der Waals surface area contributed by atoms with Crippen LogP contribution in [0.5, 0.6) is 0 Å². The van der Waals surface area contributed by atoms with Crippen LogP contribution in [0.15, 0.2) is 30.3 Å². The Hall–Kier alpha value is -2.09. The second kappa shape index (κ2) is 8.84. The Kier molecular flexibility index (Phi) is 6.81. The Balaban J connectivity index is 1.60. The molecule has 1 aliphatic heterocycles. The molecule has 0 aliphatic carbocycles. The zero-order valence-electron chi connectivity index (χ0n) is 13.8. The molecule has 5 nitrogen and oxygen atoms in total. The van der Waals surface area contributed by atoms with Crippen LogP contribution >= 0.6 is 0 Å². The lowest BCUT2D eigenvalue weighted by Gasteiger charge is -2.34. The van der Waals surface area contributed by atoms with E-state index in [9.17, 15) is 22.8 Å². The van der Waals surface area contributed by atoms with Gasteiger partial charge in [-0.3, -0.25) is 14.5 Å². The molecule has 8 heteroatoms. The number of rotatable bonds is 6. The molecule has 1 aromatic carbocycles. The van der Waals surface area contributed by atoms with Crippen molar-refractivity contribution in [3.63, 3.8) is 0 Å². The van der Waals surface area contributed by atoms with Crippen molar-refractivity contribution in [2.75, 3.05) is 39.3 Å². The minimum atomic E-state index is -4.82. The van der Waals surface area contributed by atoms with Gasteiger partial charge in [0.1, 0.15) is 6.61 Å². The van der Waals surface area contributed by atoms with Gasteiger partial charge in [-0.05, 0) is 12.0 Å². The van der Waals surface area contributed by atoms with E-state index in [-0.39, 0.29) is 32.1 Å². The van der Waals surface area contributed by atoms with Crippen LogP contribution in [0.2, 0.25) is 0 Å². The van der Waals surface area contributed by atoms with Crippen LogP contribution in [-0.2, 0) is 20.7 Å². The summed E-state index contributed by atoms with van der Waals surface area (Å²) in [5.41, 5.74) is 1.06. The number of piperazine rings is 1. The molecule has 1 saturated heterocycles. The van der Waals surface area contributed by atoms with Gasteiger partial charge in [0.05, 0.1) is 0 Å². The van der Waals surface area contributed by atoms with Gasteiger partial charge < -0.3 is 9.64 Å². The van der Waals surface area contributed by atoms with Crippen LogP contribution in [0, 0.1) is 0 Å². The van der Waals surface area contributed by atoms with Gasteiger partial charge in [0.2, 0.25) is 0 Å². The monoisotopic (exact) mass is 358 g/mol. The van der Waals surface area contributed by atoms with E-state index in [1.165, 1.54) is 0 Å². The first kappa shape index (κ1) is 19.2. The van der Waals surface area contributed by atoms with Crippen molar-refractivity contribution in [3.8, 4) is 0 Å². The number of amides is 1. The van der Waals surface area contributed by atoms with E-state index in [1.807, 2.05) is 35.2 Å². The highest BCUT2D eigenvalue weighted by molar-refractivity contribution is 5.81. The highest BCUT2D eigenvalue weighted by Gasteiger charge is 2.43. The summed E-state index contributed by atoms with van der Waals surface area (Å²) in [4.78, 5) is 25.5. The molecule has 0 spiro atoms. The summed E-state index contributed by atoms with van der Waals surface area (Å²) in [6.45, 7) is 1.37. The average Bonchev–Trinajstić information content (AvgIpc) is 2.60. The number of hydrogen-bond donors (Lipinski definition) is 0. The molecule has 0 aromatic heterocycles. The van der Waals surface area contributed by atoms with Crippen LogP contribution in [0.1, 0.15) is 12.0 Å². The highest BCUT2D eigenvalue weighted by Crippen LogP contribution is 2.19. The van der Waals surface area contributed by atoms with Crippen LogP contribution in [0.4, 0.5) is 13.2 Å². The standard InChI is InChI=1S/C17H21F3N2O3/c18-17(19,20)16(24)22-10-8-21(9-11-22)12-13-25-15(23)7-6-14-4-2-1-3-5-14/h1-5H,6-13H2. The Morgan fingerprint density at radius 1 is 1.04 bits per heavy atom. The molecule has 0 radical (unpaired) electrons. The summed E-state index contributed by atoms with van der Waals surface area (Å²) in [5, 5.41) is 0. The third kappa shape index (κ3) is 6.38. The average molecular weight is 358 g/mol. The maximum atomic E-state index is 12.4. The second-order valence-corrected chi connectivity index (χ2v) is 5.84. The molecule has 0 N–H and O–H groups in total. The summed E-state index contributed by atoms with van der Waals surface area (Å²) in [6.07, 6.45) is -3.92. The maximum Gasteiger partial charge on any atom is 0.471 e. The van der Waals surface area contributed by atoms with Gasteiger partial charge in [0.15, 0.2) is 0 Å². The third-order valence-corrected chi connectivity index (χ3v) is 4.03. The number of ether oxygens (including phenoxy) is 1. The van der Waals surface area contributed by atoms with Crippen molar-refractivity contribution < 1.29 is 27.5 Å². The molecule has 1 heterocycles. The number of hydrogen-bond acceptors (Lipinski definition) is 4. The molecule has 0 bridgehead atoms. The largest absolute Gasteiger partial charge is 0.471 e. The highest BCUT2D eigenvalue weighted by atomic mass is 19.4. The molecule has 1 aliphatic rings. The van der Waals surface area contributed by atoms with Gasteiger partial charge >= 0.3 is 18.1 Å². The van der Waals surface area contributed by atoms with Gasteiger partial charge in [-0.25, -0.2) is 0 Å². The molecule has 2 rings (SSSR count). The molecule has 1 aromatic rings. The van der Waals surface area contributed by atoms with Crippen molar-refractivity contribution in [2.24, 2.45) is 0 Å². The fourth-order valence-electron chi connectivity index (χ4n) is 2.61. The van der Waals surface area contributed by atoms with E-state index >= 15 is 0 Å². The number of halogens is 3. The normalized spacial score (nSPS) is 15.9. The first-order valence-corrected chi connectivity index (χ1v) is 8.14. The number of alkyl halides is 3. The summed E-state index contributed by atoms with van der Waals surface area (Å²) >= 11 is 0. The van der Waals surface area contributed by atoms with Crippen LogP contribution in [0.25, 0.3) is 0 Å². The van der Waals surface area contributed by atoms with Crippen molar-refractivity contribution in [1.82, 2.24) is 9.80 Å². The minimum absolute atomic E-state index is 0.0281. The zero-order valence-corrected chi connectivity index (χ0v) is 13.8. The first-order valence-electron chi connectivity index (χ1n) is 8.14. The zero-order chi connectivity index (χ0) is 18.3. The number of carbonyl (C=O) groups excluding carboxylic acids is 2. The van der Waals surface area contributed by atoms with E-state index in [4.69, 9.17) is 4.74 Å². The van der Waals surface area contributed by atoms with Crippen molar-refractivity contribution in [3.05, 3.63) is 35.9 Å². The van der Waals surface area contributed by atoms with Crippen LogP contribution in [-0.4, -0.2) is 67.2 Å². The number of esters is 1. The lowest BCUT2D eigenvalue weighted by molar-refractivity contribution is -0.187. The molecule has 1 fully saturated rings. The summed E-state index contributed by atoms with van der Waals surface area (Å²) < 4.78 is 42.2. The summed E-state index contributed by atoms with van der Waals surface area (Å²) in [7, 11) is 0. The van der Waals surface area contributed by atoms with E-state index in [2.05, 4.69) is 0 Å². The molecular formula is C17H21F3N2O3. The minimum Gasteiger partial charge on any atom is -0.464 e. The van der Waals surface area contributed by atoms with Gasteiger partial charge in [-0.15, -0.1) is 0 Å². The third-order valence-electron chi connectivity index (χ3n) is 4.03. The van der Waals surface area contributed by atoms with Crippen molar-refractivity contribution in [1.29, 1.82) is 0 Å². The van der Waals surface area contributed by atoms with Crippen LogP contribution < -0.4 is 0 Å². The lowest BCUT2D eigenvalue weighted by Crippen LogP contribution is -2.52. The van der Waals surface area contributed by atoms with Gasteiger partial charge in [-0.2, -0.15) is 13.2 Å². The molecule has 0 unspecified atom stereocenters. The number of carbonyl (C=O) groups is 2. The van der Waals surface area contributed by atoms with Gasteiger partial charge in [-0.1, -0.05) is 30.3 Å². The quantitative estimate of drug-likeness (QED) is 0.729. The number of benzene rings is 1. The van der Waals surface area contributed by atoms with E-state index in [0.29, 0.717) is 26.1 Å². The topological polar surface area (TPSA) is 49.9 Å². The lowest BCUT2D eigenvalue weighted by atomic mass is 10.1. The predicted octanol–water partition coefficient (Wildman–Crippen LogP) is 1.87. The van der Waals surface area contributed by atoms with Crippen LogP contribution in [0.3, 0.4) is 0 Å².